The Morgan fingerprint density at radius 2 is 2.03 bits per heavy atom. The van der Waals surface area contributed by atoms with E-state index >= 15 is 0 Å². The van der Waals surface area contributed by atoms with Gasteiger partial charge in [-0.3, -0.25) is 9.40 Å². The molecule has 0 bridgehead atoms. The predicted octanol–water partition coefficient (Wildman–Crippen LogP) is 4.94. The Morgan fingerprint density at radius 3 is 2.69 bits per heavy atom. The molecule has 5 rings (SSSR count). The Kier molecular flexibility index (Phi) is 6.14. The molecule has 0 unspecified atom stereocenters. The van der Waals surface area contributed by atoms with Gasteiger partial charge in [0.1, 0.15) is 21.8 Å². The number of sulfonamides is 1. The maximum Gasteiger partial charge on any atom is 0.266 e. The van der Waals surface area contributed by atoms with Gasteiger partial charge in [-0.25, -0.2) is 8.42 Å². The number of ether oxygens (including phenoxy) is 2. The standard InChI is InChI=1S/C25H28N4O5S/c1-16(2)18-8-9-20(33-19-6-4-7-19)23(14-18)35(30,31)28-25-24-21(32-3)12-17(13-22(24)34-27-25)15-29-11-5-10-26-29/h5,8-14,16,19H,4,6-7,15H2,1-3H3,(H,27,28). The Hall–Kier alpha value is -3.53. The second-order valence-electron chi connectivity index (χ2n) is 9.04. The summed E-state index contributed by atoms with van der Waals surface area (Å²) < 4.78 is 48.6. The zero-order valence-corrected chi connectivity index (χ0v) is 20.7. The minimum atomic E-state index is -4.03. The van der Waals surface area contributed by atoms with Crippen molar-refractivity contribution in [3.05, 3.63) is 59.9 Å². The second-order valence-corrected chi connectivity index (χ2v) is 10.7. The minimum absolute atomic E-state index is 0.0371. The molecule has 0 aliphatic heterocycles. The van der Waals surface area contributed by atoms with Gasteiger partial charge in [-0.1, -0.05) is 25.1 Å². The van der Waals surface area contributed by atoms with Crippen LogP contribution in [0.1, 0.15) is 50.2 Å². The molecule has 35 heavy (non-hydrogen) atoms. The molecule has 0 radical (unpaired) electrons. The molecule has 2 heterocycles. The van der Waals surface area contributed by atoms with Gasteiger partial charge in [-0.2, -0.15) is 5.10 Å². The van der Waals surface area contributed by atoms with Crippen LogP contribution in [-0.4, -0.2) is 36.6 Å². The maximum absolute atomic E-state index is 13.6. The highest BCUT2D eigenvalue weighted by atomic mass is 32.2. The van der Waals surface area contributed by atoms with Crippen LogP contribution in [0.3, 0.4) is 0 Å². The molecule has 1 fully saturated rings. The lowest BCUT2D eigenvalue weighted by molar-refractivity contribution is 0.116. The summed E-state index contributed by atoms with van der Waals surface area (Å²) in [7, 11) is -2.51. The maximum atomic E-state index is 13.6. The van der Waals surface area contributed by atoms with Gasteiger partial charge in [-0.15, -0.1) is 0 Å². The van der Waals surface area contributed by atoms with E-state index in [1.54, 1.807) is 29.1 Å². The molecule has 1 saturated carbocycles. The van der Waals surface area contributed by atoms with Crippen LogP contribution in [0.25, 0.3) is 11.0 Å². The number of benzene rings is 2. The molecule has 0 saturated heterocycles. The van der Waals surface area contributed by atoms with Gasteiger partial charge >= 0.3 is 0 Å². The number of anilines is 1. The number of fused-ring (bicyclic) bond motifs is 1. The predicted molar refractivity (Wildman–Crippen MR) is 131 cm³/mol. The molecule has 2 aromatic heterocycles. The lowest BCUT2D eigenvalue weighted by atomic mass is 9.96. The highest BCUT2D eigenvalue weighted by Gasteiger charge is 2.28. The SMILES string of the molecule is COc1cc(Cn2cccn2)cc2onc(NS(=O)(=O)c3cc(C(C)C)ccc3OC3CCC3)c12. The zero-order valence-electron chi connectivity index (χ0n) is 19.9. The number of nitrogens with zero attached hydrogens (tertiary/aromatic N) is 3. The van der Waals surface area contributed by atoms with E-state index in [0.717, 1.165) is 30.4 Å². The summed E-state index contributed by atoms with van der Waals surface area (Å²) in [6.07, 6.45) is 6.52. The molecular formula is C25H28N4O5S. The fourth-order valence-electron chi connectivity index (χ4n) is 4.03. The Balaban J connectivity index is 1.51. The van der Waals surface area contributed by atoms with Crippen LogP contribution in [-0.2, 0) is 16.6 Å². The summed E-state index contributed by atoms with van der Waals surface area (Å²) in [5.41, 5.74) is 2.19. The van der Waals surface area contributed by atoms with Gasteiger partial charge in [0.25, 0.3) is 10.0 Å². The molecule has 0 spiro atoms. The van der Waals surface area contributed by atoms with Crippen molar-refractivity contribution in [1.29, 1.82) is 0 Å². The normalized spacial score (nSPS) is 14.3. The molecule has 2 aromatic carbocycles. The van der Waals surface area contributed by atoms with Crippen LogP contribution in [0.4, 0.5) is 5.82 Å². The first-order valence-corrected chi connectivity index (χ1v) is 13.1. The van der Waals surface area contributed by atoms with Crippen molar-refractivity contribution in [2.75, 3.05) is 11.8 Å². The number of aromatic nitrogens is 3. The Morgan fingerprint density at radius 1 is 1.20 bits per heavy atom. The Labute approximate surface area is 204 Å². The van der Waals surface area contributed by atoms with Crippen molar-refractivity contribution in [1.82, 2.24) is 14.9 Å². The molecule has 184 valence electrons. The molecular weight excluding hydrogens is 468 g/mol. The highest BCUT2D eigenvalue weighted by molar-refractivity contribution is 7.92. The summed E-state index contributed by atoms with van der Waals surface area (Å²) in [6.45, 7) is 4.54. The van der Waals surface area contributed by atoms with Gasteiger partial charge in [0.05, 0.1) is 19.8 Å². The molecule has 0 atom stereocenters. The van der Waals surface area contributed by atoms with Crippen molar-refractivity contribution in [2.24, 2.45) is 0 Å². The highest BCUT2D eigenvalue weighted by Crippen LogP contribution is 2.37. The first-order chi connectivity index (χ1) is 16.8. The van der Waals surface area contributed by atoms with Crippen molar-refractivity contribution >= 4 is 26.8 Å². The average molecular weight is 497 g/mol. The number of rotatable bonds is 9. The third kappa shape index (κ3) is 4.70. The van der Waals surface area contributed by atoms with E-state index in [2.05, 4.69) is 15.0 Å². The van der Waals surface area contributed by atoms with Crippen molar-refractivity contribution in [2.45, 2.75) is 56.6 Å². The van der Waals surface area contributed by atoms with Crippen LogP contribution in [0.5, 0.6) is 11.5 Å². The second kappa shape index (κ2) is 9.26. The van der Waals surface area contributed by atoms with Gasteiger partial charge in [0.15, 0.2) is 11.4 Å². The van der Waals surface area contributed by atoms with Gasteiger partial charge < -0.3 is 14.0 Å². The minimum Gasteiger partial charge on any atom is -0.496 e. The monoisotopic (exact) mass is 496 g/mol. The van der Waals surface area contributed by atoms with Gasteiger partial charge in [0.2, 0.25) is 0 Å². The van der Waals surface area contributed by atoms with Gasteiger partial charge in [0, 0.05) is 12.4 Å². The largest absolute Gasteiger partial charge is 0.496 e. The number of hydrogen-bond acceptors (Lipinski definition) is 7. The van der Waals surface area contributed by atoms with Crippen LogP contribution >= 0.6 is 0 Å². The van der Waals surface area contributed by atoms with Crippen LogP contribution in [0, 0.1) is 0 Å². The van der Waals surface area contributed by atoms with Gasteiger partial charge in [-0.05, 0) is 66.6 Å². The first-order valence-electron chi connectivity index (χ1n) is 11.6. The third-order valence-electron chi connectivity index (χ3n) is 6.22. The van der Waals surface area contributed by atoms with Crippen LogP contribution in [0.2, 0.25) is 0 Å². The number of hydrogen-bond donors (Lipinski definition) is 1. The summed E-state index contributed by atoms with van der Waals surface area (Å²) >= 11 is 0. The Bertz CT molecular complexity index is 1440. The smallest absolute Gasteiger partial charge is 0.266 e. The summed E-state index contributed by atoms with van der Waals surface area (Å²) in [5, 5.41) is 8.68. The van der Waals surface area contributed by atoms with Crippen molar-refractivity contribution < 1.29 is 22.4 Å². The van der Waals surface area contributed by atoms with E-state index in [4.69, 9.17) is 14.0 Å². The molecule has 10 heteroatoms. The van der Waals surface area contributed by atoms with E-state index in [1.807, 2.05) is 38.2 Å². The first kappa shape index (κ1) is 23.2. The number of methoxy groups -OCH3 is 1. The van der Waals surface area contributed by atoms with Crippen molar-refractivity contribution in [3.63, 3.8) is 0 Å². The summed E-state index contributed by atoms with van der Waals surface area (Å²) in [5.74, 6) is 1.01. The lowest BCUT2D eigenvalue weighted by Crippen LogP contribution is -2.26. The molecule has 9 nitrogen and oxygen atoms in total. The van der Waals surface area contributed by atoms with E-state index in [1.165, 1.54) is 7.11 Å². The van der Waals surface area contributed by atoms with E-state index in [-0.39, 0.29) is 22.7 Å². The number of nitrogens with one attached hydrogen (secondary N) is 1. The molecule has 1 aliphatic rings. The molecule has 4 aromatic rings. The van der Waals surface area contributed by atoms with Crippen LogP contribution in [0.15, 0.2) is 58.2 Å². The summed E-state index contributed by atoms with van der Waals surface area (Å²) in [6, 6.07) is 10.8. The molecule has 0 amide bonds. The molecule has 1 N–H and O–H groups in total. The molecule has 1 aliphatic carbocycles. The zero-order chi connectivity index (χ0) is 24.6. The summed E-state index contributed by atoms with van der Waals surface area (Å²) in [4.78, 5) is 0.0843. The topological polar surface area (TPSA) is 108 Å². The third-order valence-corrected chi connectivity index (χ3v) is 7.58. The lowest BCUT2D eigenvalue weighted by Gasteiger charge is -2.27. The van der Waals surface area contributed by atoms with E-state index in [9.17, 15) is 8.42 Å². The average Bonchev–Trinajstić information content (AvgIpc) is 3.45. The van der Waals surface area contributed by atoms with E-state index < -0.39 is 10.0 Å². The quantitative estimate of drug-likeness (QED) is 0.350. The van der Waals surface area contributed by atoms with Crippen molar-refractivity contribution in [3.8, 4) is 11.5 Å². The van der Waals surface area contributed by atoms with E-state index in [0.29, 0.717) is 29.0 Å². The fourth-order valence-corrected chi connectivity index (χ4v) is 5.21. The van der Waals surface area contributed by atoms with Crippen LogP contribution < -0.4 is 14.2 Å². The fraction of sp³-hybridized carbons (Fsp3) is 0.360.